The topological polar surface area (TPSA) is 78.9 Å². The fourth-order valence-electron chi connectivity index (χ4n) is 8.34. The largest absolute Gasteiger partial charge is 0.462 e. The quantitative estimate of drug-likeness (QED) is 0.0344. The van der Waals surface area contributed by atoms with E-state index in [1.807, 2.05) is 0 Å². The first-order valence-electron chi connectivity index (χ1n) is 27.2. The summed E-state index contributed by atoms with van der Waals surface area (Å²) in [5.74, 6) is 0.790. The van der Waals surface area contributed by atoms with Crippen molar-refractivity contribution in [2.75, 3.05) is 13.2 Å². The Balaban J connectivity index is 4.30. The van der Waals surface area contributed by atoms with Crippen LogP contribution in [0.4, 0.5) is 0 Å². The zero-order chi connectivity index (χ0) is 44.7. The summed E-state index contributed by atoms with van der Waals surface area (Å²) in [5.41, 5.74) is 0. The van der Waals surface area contributed by atoms with Gasteiger partial charge in [-0.15, -0.1) is 0 Å². The van der Waals surface area contributed by atoms with Gasteiger partial charge in [-0.25, -0.2) is 0 Å². The lowest BCUT2D eigenvalue weighted by Crippen LogP contribution is -2.30. The second-order valence-corrected chi connectivity index (χ2v) is 19.8. The van der Waals surface area contributed by atoms with Gasteiger partial charge in [-0.05, 0) is 31.1 Å². The summed E-state index contributed by atoms with van der Waals surface area (Å²) < 4.78 is 16.8. The van der Waals surface area contributed by atoms with Crippen LogP contribution in [0.5, 0.6) is 0 Å². The highest BCUT2D eigenvalue weighted by Crippen LogP contribution is 2.18. The first-order chi connectivity index (χ1) is 29.7. The average molecular weight is 863 g/mol. The maximum Gasteiger partial charge on any atom is 0.306 e. The van der Waals surface area contributed by atoms with Crippen molar-refractivity contribution in [3.8, 4) is 0 Å². The maximum atomic E-state index is 12.8. The Morgan fingerprint density at radius 2 is 0.541 bits per heavy atom. The second-order valence-electron chi connectivity index (χ2n) is 19.8. The molecule has 0 spiro atoms. The van der Waals surface area contributed by atoms with Gasteiger partial charge in [0.15, 0.2) is 6.10 Å². The summed E-state index contributed by atoms with van der Waals surface area (Å²) in [6.07, 6.45) is 49.5. The highest BCUT2D eigenvalue weighted by molar-refractivity contribution is 5.71. The first kappa shape index (κ1) is 59.4. The Morgan fingerprint density at radius 1 is 0.311 bits per heavy atom. The molecule has 0 amide bonds. The van der Waals surface area contributed by atoms with E-state index < -0.39 is 6.10 Å². The van der Waals surface area contributed by atoms with Crippen LogP contribution in [0.25, 0.3) is 0 Å². The van der Waals surface area contributed by atoms with Crippen LogP contribution < -0.4 is 0 Å². The van der Waals surface area contributed by atoms with Crippen molar-refractivity contribution in [2.24, 2.45) is 11.8 Å². The first-order valence-corrected chi connectivity index (χ1v) is 27.2. The van der Waals surface area contributed by atoms with Crippen LogP contribution in [-0.4, -0.2) is 37.2 Å². The Kier molecular flexibility index (Phi) is 46.6. The van der Waals surface area contributed by atoms with Crippen LogP contribution in [0.15, 0.2) is 0 Å². The molecule has 0 saturated carbocycles. The molecular weight excluding hydrogens is 757 g/mol. The molecule has 0 unspecified atom stereocenters. The van der Waals surface area contributed by atoms with Gasteiger partial charge in [-0.1, -0.05) is 266 Å². The fourth-order valence-corrected chi connectivity index (χ4v) is 8.34. The lowest BCUT2D eigenvalue weighted by molar-refractivity contribution is -0.167. The van der Waals surface area contributed by atoms with E-state index in [-0.39, 0.29) is 31.1 Å². The molecule has 6 nitrogen and oxygen atoms in total. The van der Waals surface area contributed by atoms with Crippen LogP contribution in [0, 0.1) is 11.8 Å². The molecule has 0 radical (unpaired) electrons. The maximum absolute atomic E-state index is 12.8. The van der Waals surface area contributed by atoms with Gasteiger partial charge >= 0.3 is 17.9 Å². The molecule has 61 heavy (non-hydrogen) atoms. The van der Waals surface area contributed by atoms with Crippen LogP contribution >= 0.6 is 0 Å². The SMILES string of the molecule is CCCCCCCCCCCCCCCCCCCC(=O)O[C@@H](COC(=O)CCCCCCCCCCCCCC(C)C)COC(=O)CCCCCCCCCCCC(C)C. The van der Waals surface area contributed by atoms with Crippen molar-refractivity contribution in [1.29, 1.82) is 0 Å². The molecule has 0 heterocycles. The molecule has 0 aromatic rings. The molecular formula is C55H106O6. The number of ether oxygens (including phenoxy) is 3. The minimum Gasteiger partial charge on any atom is -0.462 e. The minimum absolute atomic E-state index is 0.0636. The van der Waals surface area contributed by atoms with E-state index in [1.165, 1.54) is 193 Å². The number of unbranched alkanes of at least 4 members (excludes halogenated alkanes) is 34. The molecule has 0 aromatic heterocycles. The van der Waals surface area contributed by atoms with E-state index in [0.29, 0.717) is 19.3 Å². The average Bonchev–Trinajstić information content (AvgIpc) is 3.23. The molecule has 0 N–H and O–H groups in total. The van der Waals surface area contributed by atoms with Crippen molar-refractivity contribution in [3.05, 3.63) is 0 Å². The summed E-state index contributed by atoms with van der Waals surface area (Å²) in [5, 5.41) is 0. The molecule has 1 atom stereocenters. The van der Waals surface area contributed by atoms with Crippen LogP contribution in [-0.2, 0) is 28.6 Å². The Labute approximate surface area is 380 Å². The van der Waals surface area contributed by atoms with Gasteiger partial charge in [0, 0.05) is 19.3 Å². The Hall–Kier alpha value is -1.59. The molecule has 0 bridgehead atoms. The van der Waals surface area contributed by atoms with E-state index in [2.05, 4.69) is 34.6 Å². The van der Waals surface area contributed by atoms with E-state index in [4.69, 9.17) is 14.2 Å². The lowest BCUT2D eigenvalue weighted by Gasteiger charge is -2.18. The second kappa shape index (κ2) is 47.9. The van der Waals surface area contributed by atoms with E-state index in [1.54, 1.807) is 0 Å². The van der Waals surface area contributed by atoms with Crippen LogP contribution in [0.3, 0.4) is 0 Å². The number of carbonyl (C=O) groups is 3. The van der Waals surface area contributed by atoms with Gasteiger partial charge in [0.25, 0.3) is 0 Å². The van der Waals surface area contributed by atoms with Gasteiger partial charge in [0.05, 0.1) is 0 Å². The minimum atomic E-state index is -0.762. The lowest BCUT2D eigenvalue weighted by atomic mass is 10.0. The third-order valence-corrected chi connectivity index (χ3v) is 12.5. The summed E-state index contributed by atoms with van der Waals surface area (Å²) in [7, 11) is 0. The van der Waals surface area contributed by atoms with E-state index in [9.17, 15) is 14.4 Å². The smallest absolute Gasteiger partial charge is 0.306 e. The van der Waals surface area contributed by atoms with E-state index in [0.717, 1.165) is 69.6 Å². The van der Waals surface area contributed by atoms with Gasteiger partial charge in [-0.3, -0.25) is 14.4 Å². The van der Waals surface area contributed by atoms with Gasteiger partial charge in [0.1, 0.15) is 13.2 Å². The molecule has 362 valence electrons. The molecule has 0 aliphatic carbocycles. The molecule has 0 aliphatic rings. The molecule has 6 heteroatoms. The van der Waals surface area contributed by atoms with Crippen molar-refractivity contribution in [1.82, 2.24) is 0 Å². The summed E-state index contributed by atoms with van der Waals surface area (Å²) in [4.78, 5) is 38.0. The normalized spacial score (nSPS) is 12.0. The predicted molar refractivity (Wildman–Crippen MR) is 261 cm³/mol. The summed E-state index contributed by atoms with van der Waals surface area (Å²) >= 11 is 0. The molecule has 0 aromatic carbocycles. The van der Waals surface area contributed by atoms with Crippen molar-refractivity contribution >= 4 is 17.9 Å². The number of carbonyl (C=O) groups excluding carboxylic acids is 3. The third kappa shape index (κ3) is 49.3. The van der Waals surface area contributed by atoms with Gasteiger partial charge in [0.2, 0.25) is 0 Å². The predicted octanol–water partition coefficient (Wildman–Crippen LogP) is 17.7. The van der Waals surface area contributed by atoms with Crippen molar-refractivity contribution < 1.29 is 28.6 Å². The highest BCUT2D eigenvalue weighted by atomic mass is 16.6. The monoisotopic (exact) mass is 863 g/mol. The third-order valence-electron chi connectivity index (χ3n) is 12.5. The summed E-state index contributed by atoms with van der Waals surface area (Å²) in [6, 6.07) is 0. The van der Waals surface area contributed by atoms with E-state index >= 15 is 0 Å². The standard InChI is InChI=1S/C55H106O6/c1-6-7-8-9-10-11-12-13-14-15-16-17-20-26-32-37-42-47-55(58)61-52(49-60-54(57)46-41-36-31-27-22-24-29-34-39-44-51(4)5)48-59-53(56)45-40-35-30-25-21-18-19-23-28-33-38-43-50(2)3/h50-52H,6-49H2,1-5H3/t52-/m0/s1. The number of hydrogen-bond acceptors (Lipinski definition) is 6. The van der Waals surface area contributed by atoms with Crippen molar-refractivity contribution in [2.45, 2.75) is 310 Å². The Bertz CT molecular complexity index is 931. The van der Waals surface area contributed by atoms with Crippen molar-refractivity contribution in [3.63, 3.8) is 0 Å². The zero-order valence-corrected chi connectivity index (χ0v) is 41.8. The summed E-state index contributed by atoms with van der Waals surface area (Å²) in [6.45, 7) is 11.4. The number of esters is 3. The van der Waals surface area contributed by atoms with Crippen LogP contribution in [0.2, 0.25) is 0 Å². The number of rotatable bonds is 49. The number of hydrogen-bond donors (Lipinski definition) is 0. The molecule has 0 aliphatic heterocycles. The Morgan fingerprint density at radius 3 is 0.803 bits per heavy atom. The van der Waals surface area contributed by atoms with Gasteiger partial charge < -0.3 is 14.2 Å². The zero-order valence-electron chi connectivity index (χ0n) is 41.8. The molecule has 0 rings (SSSR count). The fraction of sp³-hybridized carbons (Fsp3) is 0.945. The molecule has 0 saturated heterocycles. The highest BCUT2D eigenvalue weighted by Gasteiger charge is 2.19. The van der Waals surface area contributed by atoms with Gasteiger partial charge in [-0.2, -0.15) is 0 Å². The molecule has 0 fully saturated rings. The van der Waals surface area contributed by atoms with Crippen LogP contribution in [0.1, 0.15) is 304 Å².